The van der Waals surface area contributed by atoms with Crippen molar-refractivity contribution in [3.8, 4) is 5.75 Å². The molecule has 21 heavy (non-hydrogen) atoms. The minimum atomic E-state index is -3.75. The van der Waals surface area contributed by atoms with Crippen molar-refractivity contribution in [1.82, 2.24) is 0 Å². The first kappa shape index (κ1) is 15.8. The Hall–Kier alpha value is -1.63. The Morgan fingerprint density at radius 2 is 2.00 bits per heavy atom. The minimum Gasteiger partial charge on any atom is -0.489 e. The molecule has 0 bridgehead atoms. The molecule has 0 atom stereocenters. The van der Waals surface area contributed by atoms with E-state index in [1.54, 1.807) is 19.1 Å². The van der Waals surface area contributed by atoms with E-state index in [0.717, 1.165) is 0 Å². The van der Waals surface area contributed by atoms with Crippen LogP contribution < -0.4 is 9.88 Å². The highest BCUT2D eigenvalue weighted by Gasteiger charge is 2.11. The van der Waals surface area contributed by atoms with E-state index in [1.807, 2.05) is 0 Å². The van der Waals surface area contributed by atoms with Crippen LogP contribution >= 0.6 is 11.6 Å². The number of primary sulfonamides is 1. The first-order valence-electron chi connectivity index (χ1n) is 5.98. The van der Waals surface area contributed by atoms with Crippen molar-refractivity contribution >= 4 is 21.6 Å². The minimum absolute atomic E-state index is 0.00119. The smallest absolute Gasteiger partial charge is 0.238 e. The molecule has 0 saturated heterocycles. The normalized spacial score (nSPS) is 11.4. The van der Waals surface area contributed by atoms with E-state index in [2.05, 4.69) is 0 Å². The van der Waals surface area contributed by atoms with Crippen molar-refractivity contribution in [3.63, 3.8) is 0 Å². The lowest BCUT2D eigenvalue weighted by atomic mass is 10.2. The summed E-state index contributed by atoms with van der Waals surface area (Å²) in [6.45, 7) is 1.67. The third-order valence-electron chi connectivity index (χ3n) is 2.89. The molecular formula is C14H13ClFNO3S. The summed E-state index contributed by atoms with van der Waals surface area (Å²) in [7, 11) is -3.75. The van der Waals surface area contributed by atoms with Gasteiger partial charge in [-0.3, -0.25) is 0 Å². The number of hydrogen-bond donors (Lipinski definition) is 1. The van der Waals surface area contributed by atoms with Crippen molar-refractivity contribution in [1.29, 1.82) is 0 Å². The molecule has 0 heterocycles. The average Bonchev–Trinajstić information content (AvgIpc) is 2.40. The molecule has 2 rings (SSSR count). The van der Waals surface area contributed by atoms with E-state index in [9.17, 15) is 12.8 Å². The van der Waals surface area contributed by atoms with Crippen LogP contribution in [-0.4, -0.2) is 8.42 Å². The Morgan fingerprint density at radius 3 is 2.62 bits per heavy atom. The number of sulfonamides is 1. The highest BCUT2D eigenvalue weighted by atomic mass is 35.5. The van der Waals surface area contributed by atoms with Gasteiger partial charge >= 0.3 is 0 Å². The molecule has 2 aromatic carbocycles. The zero-order valence-electron chi connectivity index (χ0n) is 11.1. The standard InChI is InChI=1S/C14H13ClFNO3S/c1-9-7-11(21(17,18)19)5-6-13(9)20-8-10-3-2-4-12(15)14(10)16/h2-7H,8H2,1H3,(H2,17,18,19). The SMILES string of the molecule is Cc1cc(S(N)(=O)=O)ccc1OCc1cccc(Cl)c1F. The lowest BCUT2D eigenvalue weighted by molar-refractivity contribution is 0.297. The number of halogens is 2. The highest BCUT2D eigenvalue weighted by molar-refractivity contribution is 7.89. The van der Waals surface area contributed by atoms with E-state index in [4.69, 9.17) is 21.5 Å². The van der Waals surface area contributed by atoms with Crippen LogP contribution in [0.5, 0.6) is 5.75 Å². The Balaban J connectivity index is 2.19. The number of hydrogen-bond acceptors (Lipinski definition) is 3. The average molecular weight is 330 g/mol. The van der Waals surface area contributed by atoms with E-state index < -0.39 is 15.8 Å². The first-order valence-corrected chi connectivity index (χ1v) is 7.90. The number of ether oxygens (including phenoxy) is 1. The molecule has 0 amide bonds. The molecule has 0 radical (unpaired) electrons. The number of aryl methyl sites for hydroxylation is 1. The van der Waals surface area contributed by atoms with Crippen LogP contribution in [-0.2, 0) is 16.6 Å². The van der Waals surface area contributed by atoms with Gasteiger partial charge in [0.1, 0.15) is 18.2 Å². The molecule has 2 N–H and O–H groups in total. The fourth-order valence-electron chi connectivity index (χ4n) is 1.78. The van der Waals surface area contributed by atoms with Crippen LogP contribution in [0.15, 0.2) is 41.3 Å². The lowest BCUT2D eigenvalue weighted by Gasteiger charge is -2.11. The fraction of sp³-hybridized carbons (Fsp3) is 0.143. The molecule has 0 spiro atoms. The molecule has 0 aliphatic heterocycles. The zero-order chi connectivity index (χ0) is 15.6. The third-order valence-corrected chi connectivity index (χ3v) is 4.09. The summed E-state index contributed by atoms with van der Waals surface area (Å²) in [6, 6.07) is 8.87. The van der Waals surface area contributed by atoms with Gasteiger partial charge in [-0.1, -0.05) is 23.7 Å². The molecule has 0 aromatic heterocycles. The monoisotopic (exact) mass is 329 g/mol. The largest absolute Gasteiger partial charge is 0.489 e. The van der Waals surface area contributed by atoms with Gasteiger partial charge in [-0.05, 0) is 36.8 Å². The second-order valence-electron chi connectivity index (χ2n) is 4.47. The summed E-state index contributed by atoms with van der Waals surface area (Å²) in [6.07, 6.45) is 0. The molecular weight excluding hydrogens is 317 g/mol. The van der Waals surface area contributed by atoms with E-state index >= 15 is 0 Å². The second kappa shape index (κ2) is 6.01. The lowest BCUT2D eigenvalue weighted by Crippen LogP contribution is -2.12. The quantitative estimate of drug-likeness (QED) is 0.937. The fourth-order valence-corrected chi connectivity index (χ4v) is 2.57. The number of nitrogens with two attached hydrogens (primary N) is 1. The van der Waals surface area contributed by atoms with Gasteiger partial charge in [0.05, 0.1) is 9.92 Å². The molecule has 7 heteroatoms. The maximum absolute atomic E-state index is 13.7. The van der Waals surface area contributed by atoms with Gasteiger partial charge in [0, 0.05) is 5.56 Å². The maximum atomic E-state index is 13.7. The summed E-state index contributed by atoms with van der Waals surface area (Å²) in [5.41, 5.74) is 0.904. The van der Waals surface area contributed by atoms with Crippen LogP contribution in [0.1, 0.15) is 11.1 Å². The topological polar surface area (TPSA) is 69.4 Å². The van der Waals surface area contributed by atoms with E-state index in [-0.39, 0.29) is 16.5 Å². The van der Waals surface area contributed by atoms with Gasteiger partial charge < -0.3 is 4.74 Å². The summed E-state index contributed by atoms with van der Waals surface area (Å²) in [5.74, 6) is -0.0836. The van der Waals surface area contributed by atoms with Crippen LogP contribution in [0, 0.1) is 12.7 Å². The predicted molar refractivity (Wildman–Crippen MR) is 78.3 cm³/mol. The van der Waals surface area contributed by atoms with Crippen LogP contribution in [0.2, 0.25) is 5.02 Å². The molecule has 0 unspecified atom stereocenters. The predicted octanol–water partition coefficient (Wildman–Crippen LogP) is 3.01. The van der Waals surface area contributed by atoms with E-state index in [1.165, 1.54) is 24.3 Å². The van der Waals surface area contributed by atoms with Gasteiger partial charge in [-0.15, -0.1) is 0 Å². The Kier molecular flexibility index (Phi) is 4.51. The van der Waals surface area contributed by atoms with Gasteiger partial charge in [0.15, 0.2) is 0 Å². The van der Waals surface area contributed by atoms with Gasteiger partial charge in [0.25, 0.3) is 0 Å². The molecule has 2 aromatic rings. The third kappa shape index (κ3) is 3.72. The molecule has 0 saturated carbocycles. The second-order valence-corrected chi connectivity index (χ2v) is 6.44. The van der Waals surface area contributed by atoms with Crippen molar-refractivity contribution in [2.45, 2.75) is 18.4 Å². The summed E-state index contributed by atoms with van der Waals surface area (Å²) in [5, 5.41) is 5.07. The molecule has 112 valence electrons. The summed E-state index contributed by atoms with van der Waals surface area (Å²) < 4.78 is 41.7. The van der Waals surface area contributed by atoms with E-state index in [0.29, 0.717) is 16.9 Å². The van der Waals surface area contributed by atoms with Gasteiger partial charge in [-0.25, -0.2) is 17.9 Å². The van der Waals surface area contributed by atoms with Crippen molar-refractivity contribution in [2.75, 3.05) is 0 Å². The molecule has 0 aliphatic rings. The first-order chi connectivity index (χ1) is 9.79. The maximum Gasteiger partial charge on any atom is 0.238 e. The number of benzene rings is 2. The Bertz CT molecular complexity index is 778. The van der Waals surface area contributed by atoms with Gasteiger partial charge in [-0.2, -0.15) is 0 Å². The molecule has 0 fully saturated rings. The van der Waals surface area contributed by atoms with Gasteiger partial charge in [0.2, 0.25) is 10.0 Å². The molecule has 0 aliphatic carbocycles. The van der Waals surface area contributed by atoms with Crippen molar-refractivity contribution in [2.24, 2.45) is 5.14 Å². The summed E-state index contributed by atoms with van der Waals surface area (Å²) in [4.78, 5) is 0.00119. The van der Waals surface area contributed by atoms with Crippen LogP contribution in [0.25, 0.3) is 0 Å². The van der Waals surface area contributed by atoms with Crippen molar-refractivity contribution in [3.05, 3.63) is 58.4 Å². The Morgan fingerprint density at radius 1 is 1.29 bits per heavy atom. The van der Waals surface area contributed by atoms with Crippen LogP contribution in [0.4, 0.5) is 4.39 Å². The zero-order valence-corrected chi connectivity index (χ0v) is 12.7. The number of rotatable bonds is 4. The Labute approximate surface area is 127 Å². The van der Waals surface area contributed by atoms with Crippen molar-refractivity contribution < 1.29 is 17.5 Å². The summed E-state index contributed by atoms with van der Waals surface area (Å²) >= 11 is 5.69. The highest BCUT2D eigenvalue weighted by Crippen LogP contribution is 2.24. The molecule has 4 nitrogen and oxygen atoms in total. The van der Waals surface area contributed by atoms with Crippen LogP contribution in [0.3, 0.4) is 0 Å².